The van der Waals surface area contributed by atoms with Gasteiger partial charge in [0.2, 0.25) is 0 Å². The highest BCUT2D eigenvalue weighted by molar-refractivity contribution is 6.31. The van der Waals surface area contributed by atoms with Crippen LogP contribution >= 0.6 is 0 Å². The first-order valence-electron chi connectivity index (χ1n) is 4.41. The van der Waals surface area contributed by atoms with Gasteiger partial charge in [-0.15, -0.1) is 0 Å². The molecule has 0 radical (unpaired) electrons. The quantitative estimate of drug-likeness (QED) is 0.534. The molecule has 0 aromatic rings. The maximum atomic E-state index is 10.7. The van der Waals surface area contributed by atoms with Crippen LogP contribution in [0.1, 0.15) is 0 Å². The van der Waals surface area contributed by atoms with E-state index < -0.39 is 11.9 Å². The molecule has 1 aliphatic heterocycles. The van der Waals surface area contributed by atoms with Crippen LogP contribution < -0.4 is 5.32 Å². The number of hydrogen-bond donors (Lipinski definition) is 2. The summed E-state index contributed by atoms with van der Waals surface area (Å²) in [5.74, 6) is -2.45. The summed E-state index contributed by atoms with van der Waals surface area (Å²) in [5.41, 5.74) is 0. The first-order valence-corrected chi connectivity index (χ1v) is 4.41. The van der Waals surface area contributed by atoms with Gasteiger partial charge >= 0.3 is 11.9 Å². The summed E-state index contributed by atoms with van der Waals surface area (Å²) in [7, 11) is 1.95. The van der Waals surface area contributed by atoms with Crippen molar-refractivity contribution in [2.75, 3.05) is 33.3 Å². The Balaban J connectivity index is 2.24. The molecule has 0 aliphatic carbocycles. The van der Waals surface area contributed by atoms with E-state index in [1.54, 1.807) is 0 Å². The van der Waals surface area contributed by atoms with Crippen molar-refractivity contribution in [3.05, 3.63) is 0 Å². The van der Waals surface area contributed by atoms with Crippen LogP contribution in [0.2, 0.25) is 0 Å². The molecule has 1 amide bonds. The van der Waals surface area contributed by atoms with Crippen LogP contribution in [0.15, 0.2) is 0 Å². The number of carboxylic acids is 1. The zero-order valence-corrected chi connectivity index (χ0v) is 8.02. The third kappa shape index (κ3) is 3.31. The van der Waals surface area contributed by atoms with Crippen molar-refractivity contribution >= 4 is 11.9 Å². The van der Waals surface area contributed by atoms with Crippen LogP contribution in [-0.4, -0.2) is 61.3 Å². The van der Waals surface area contributed by atoms with Crippen LogP contribution in [0.4, 0.5) is 0 Å². The summed E-state index contributed by atoms with van der Waals surface area (Å²) in [6, 6.07) is 0. The fourth-order valence-corrected chi connectivity index (χ4v) is 1.27. The molecule has 1 saturated heterocycles. The predicted molar refractivity (Wildman–Crippen MR) is 47.9 cm³/mol. The normalized spacial score (nSPS) is 23.1. The number of nitrogens with zero attached hydrogens (tertiary/aromatic N) is 1. The van der Waals surface area contributed by atoms with Crippen molar-refractivity contribution in [3.63, 3.8) is 0 Å². The molecule has 1 heterocycles. The van der Waals surface area contributed by atoms with Crippen LogP contribution in [-0.2, 0) is 14.3 Å². The van der Waals surface area contributed by atoms with Crippen LogP contribution in [0.25, 0.3) is 0 Å². The number of amides is 1. The minimum Gasteiger partial charge on any atom is -0.474 e. The number of morpholine rings is 1. The number of rotatable bonds is 2. The summed E-state index contributed by atoms with van der Waals surface area (Å²) < 4.78 is 5.33. The Morgan fingerprint density at radius 3 is 2.93 bits per heavy atom. The summed E-state index contributed by atoms with van der Waals surface area (Å²) in [6.45, 7) is 2.43. The van der Waals surface area contributed by atoms with Crippen molar-refractivity contribution in [2.24, 2.45) is 0 Å². The minimum atomic E-state index is -1.46. The van der Waals surface area contributed by atoms with Gasteiger partial charge in [0.05, 0.1) is 12.7 Å². The summed E-state index contributed by atoms with van der Waals surface area (Å²) in [6.07, 6.45) is -0.114. The molecule has 0 aromatic carbocycles. The lowest BCUT2D eigenvalue weighted by Gasteiger charge is -2.29. The van der Waals surface area contributed by atoms with Crippen LogP contribution in [0.3, 0.4) is 0 Å². The van der Waals surface area contributed by atoms with E-state index in [4.69, 9.17) is 9.84 Å². The highest BCUT2D eigenvalue weighted by Gasteiger charge is 2.19. The van der Waals surface area contributed by atoms with E-state index in [2.05, 4.69) is 10.2 Å². The van der Waals surface area contributed by atoms with Gasteiger partial charge in [0.25, 0.3) is 0 Å². The number of aliphatic carboxylic acids is 1. The number of likely N-dealkylation sites (N-methyl/N-ethyl adjacent to an activating group) is 1. The highest BCUT2D eigenvalue weighted by Crippen LogP contribution is 2.01. The lowest BCUT2D eigenvalue weighted by molar-refractivity contribution is -0.150. The van der Waals surface area contributed by atoms with E-state index in [1.165, 1.54) is 0 Å². The molecule has 6 heteroatoms. The highest BCUT2D eigenvalue weighted by atomic mass is 16.5. The second kappa shape index (κ2) is 4.92. The van der Waals surface area contributed by atoms with Gasteiger partial charge in [-0.3, -0.25) is 4.79 Å². The smallest absolute Gasteiger partial charge is 0.394 e. The number of hydrogen-bond acceptors (Lipinski definition) is 4. The fraction of sp³-hybridized carbons (Fsp3) is 0.750. The summed E-state index contributed by atoms with van der Waals surface area (Å²) >= 11 is 0. The Morgan fingerprint density at radius 2 is 2.36 bits per heavy atom. The molecule has 2 N–H and O–H groups in total. The van der Waals surface area contributed by atoms with E-state index in [0.29, 0.717) is 13.2 Å². The Morgan fingerprint density at radius 1 is 1.64 bits per heavy atom. The van der Waals surface area contributed by atoms with Crippen LogP contribution in [0, 0.1) is 0 Å². The van der Waals surface area contributed by atoms with E-state index in [-0.39, 0.29) is 12.6 Å². The molecular formula is C8H14N2O4. The minimum absolute atomic E-state index is 0.114. The first kappa shape index (κ1) is 10.9. The molecule has 6 nitrogen and oxygen atoms in total. The lowest BCUT2D eigenvalue weighted by atomic mass is 10.3. The largest absolute Gasteiger partial charge is 0.474 e. The van der Waals surface area contributed by atoms with Crippen LogP contribution in [0.5, 0.6) is 0 Å². The van der Waals surface area contributed by atoms with Gasteiger partial charge in [0.1, 0.15) is 0 Å². The first-order chi connectivity index (χ1) is 6.59. The molecule has 1 atom stereocenters. The van der Waals surface area contributed by atoms with E-state index in [0.717, 1.165) is 6.54 Å². The average molecular weight is 202 g/mol. The number of carbonyl (C=O) groups excluding carboxylic acids is 1. The number of carboxylic acid groups (broad SMARTS) is 1. The third-order valence-corrected chi connectivity index (χ3v) is 2.03. The molecule has 0 aromatic heterocycles. The molecule has 0 spiro atoms. The molecule has 0 bridgehead atoms. The van der Waals surface area contributed by atoms with Crippen molar-refractivity contribution in [1.29, 1.82) is 0 Å². The number of ether oxygens (including phenoxy) is 1. The molecule has 1 fully saturated rings. The molecule has 1 aliphatic rings. The van der Waals surface area contributed by atoms with Gasteiger partial charge in [-0.2, -0.15) is 0 Å². The van der Waals surface area contributed by atoms with Gasteiger partial charge < -0.3 is 20.1 Å². The number of nitrogens with one attached hydrogen (secondary N) is 1. The Kier molecular flexibility index (Phi) is 3.84. The van der Waals surface area contributed by atoms with Gasteiger partial charge in [-0.1, -0.05) is 0 Å². The molecule has 14 heavy (non-hydrogen) atoms. The number of carbonyl (C=O) groups is 2. The van der Waals surface area contributed by atoms with Crippen molar-refractivity contribution in [1.82, 2.24) is 10.2 Å². The molecule has 80 valence electrons. The standard InChI is InChI=1S/C8H14N2O4/c1-10-2-3-14-6(5-10)4-9-7(11)8(12)13/h6H,2-5H2,1H3,(H,9,11)(H,12,13). The van der Waals surface area contributed by atoms with Gasteiger partial charge in [-0.05, 0) is 7.05 Å². The third-order valence-electron chi connectivity index (χ3n) is 2.03. The molecule has 1 unspecified atom stereocenters. The zero-order valence-electron chi connectivity index (χ0n) is 8.02. The SMILES string of the molecule is CN1CCOC(CNC(=O)C(=O)O)C1. The maximum Gasteiger partial charge on any atom is 0.394 e. The summed E-state index contributed by atoms with van der Waals surface area (Å²) in [5, 5.41) is 10.6. The Bertz CT molecular complexity index is 231. The molecule has 0 saturated carbocycles. The van der Waals surface area contributed by atoms with E-state index >= 15 is 0 Å². The van der Waals surface area contributed by atoms with Crippen molar-refractivity contribution < 1.29 is 19.4 Å². The predicted octanol–water partition coefficient (Wildman–Crippen LogP) is -1.48. The zero-order chi connectivity index (χ0) is 10.6. The molecular weight excluding hydrogens is 188 g/mol. The van der Waals surface area contributed by atoms with Gasteiger partial charge in [0.15, 0.2) is 0 Å². The van der Waals surface area contributed by atoms with Gasteiger partial charge in [0, 0.05) is 19.6 Å². The van der Waals surface area contributed by atoms with E-state index in [1.807, 2.05) is 7.05 Å². The lowest BCUT2D eigenvalue weighted by Crippen LogP contribution is -2.46. The Hall–Kier alpha value is -1.14. The monoisotopic (exact) mass is 202 g/mol. The van der Waals surface area contributed by atoms with Crippen molar-refractivity contribution in [3.8, 4) is 0 Å². The van der Waals surface area contributed by atoms with E-state index in [9.17, 15) is 9.59 Å². The molecule has 1 rings (SSSR count). The van der Waals surface area contributed by atoms with Gasteiger partial charge in [-0.25, -0.2) is 4.79 Å². The average Bonchev–Trinajstić information content (AvgIpc) is 2.14. The maximum absolute atomic E-state index is 10.7. The summed E-state index contributed by atoms with van der Waals surface area (Å²) in [4.78, 5) is 22.9. The second-order valence-electron chi connectivity index (χ2n) is 3.27. The topological polar surface area (TPSA) is 78.9 Å². The van der Waals surface area contributed by atoms with Crippen molar-refractivity contribution in [2.45, 2.75) is 6.10 Å². The Labute approximate surface area is 81.8 Å². The fourth-order valence-electron chi connectivity index (χ4n) is 1.27. The second-order valence-corrected chi connectivity index (χ2v) is 3.27.